The van der Waals surface area contributed by atoms with Gasteiger partial charge in [-0.15, -0.1) is 11.3 Å². The first-order chi connectivity index (χ1) is 10.3. The van der Waals surface area contributed by atoms with E-state index in [9.17, 15) is 22.4 Å². The van der Waals surface area contributed by atoms with Gasteiger partial charge in [0.25, 0.3) is 0 Å². The van der Waals surface area contributed by atoms with Gasteiger partial charge in [-0.25, -0.2) is 13.8 Å². The van der Waals surface area contributed by atoms with Gasteiger partial charge in [-0.3, -0.25) is 9.20 Å². The van der Waals surface area contributed by atoms with Crippen LogP contribution in [0.1, 0.15) is 11.4 Å². The summed E-state index contributed by atoms with van der Waals surface area (Å²) in [5, 5.41) is 4.35. The molecule has 0 bridgehead atoms. The Labute approximate surface area is 126 Å². The second-order valence-corrected chi connectivity index (χ2v) is 5.43. The number of halogens is 4. The number of carbonyl (C=O) groups excluding carboxylic acids is 1. The Kier molecular flexibility index (Phi) is 5.01. The second-order valence-electron chi connectivity index (χ2n) is 4.59. The zero-order valence-electron chi connectivity index (χ0n) is 11.5. The van der Waals surface area contributed by atoms with Crippen LogP contribution < -0.4 is 5.32 Å². The van der Waals surface area contributed by atoms with Crippen LogP contribution >= 0.6 is 11.3 Å². The van der Waals surface area contributed by atoms with Crippen LogP contribution in [0.4, 0.5) is 17.6 Å². The Morgan fingerprint density at radius 3 is 2.91 bits per heavy atom. The number of alkyl halides is 4. The van der Waals surface area contributed by atoms with Gasteiger partial charge in [0.2, 0.25) is 5.91 Å². The standard InChI is InChI=1S/C12H13F4N3O2S/c1-7-5-22-11-18-8(3-19(7)11)2-17-9(20)4-21-6-12(15,16)10(13)14/h3,5,10H,2,4,6H2,1H3,(H,17,20). The van der Waals surface area contributed by atoms with Crippen molar-refractivity contribution in [2.75, 3.05) is 13.2 Å². The van der Waals surface area contributed by atoms with E-state index in [1.165, 1.54) is 11.3 Å². The average molecular weight is 339 g/mol. The van der Waals surface area contributed by atoms with Crippen molar-refractivity contribution in [2.45, 2.75) is 25.8 Å². The molecule has 0 aromatic carbocycles. The van der Waals surface area contributed by atoms with E-state index in [4.69, 9.17) is 0 Å². The minimum Gasteiger partial charge on any atom is -0.365 e. The summed E-state index contributed by atoms with van der Waals surface area (Å²) in [6, 6.07) is 0. The molecule has 0 atom stereocenters. The van der Waals surface area contributed by atoms with Gasteiger partial charge in [-0.05, 0) is 6.92 Å². The van der Waals surface area contributed by atoms with Crippen LogP contribution in [0.2, 0.25) is 0 Å². The molecular weight excluding hydrogens is 326 g/mol. The number of aromatic nitrogens is 2. The van der Waals surface area contributed by atoms with Crippen molar-refractivity contribution in [3.05, 3.63) is 23.0 Å². The maximum atomic E-state index is 12.5. The van der Waals surface area contributed by atoms with E-state index < -0.39 is 31.5 Å². The number of ether oxygens (including phenoxy) is 1. The predicted octanol–water partition coefficient (Wildman–Crippen LogP) is 2.24. The highest BCUT2D eigenvalue weighted by Gasteiger charge is 2.41. The Hall–Kier alpha value is -1.68. The summed E-state index contributed by atoms with van der Waals surface area (Å²) in [5.74, 6) is -4.94. The highest BCUT2D eigenvalue weighted by Crippen LogP contribution is 2.22. The molecular formula is C12H13F4N3O2S. The van der Waals surface area contributed by atoms with E-state index in [0.29, 0.717) is 5.69 Å². The van der Waals surface area contributed by atoms with Gasteiger partial charge in [0.05, 0.1) is 12.2 Å². The van der Waals surface area contributed by atoms with Gasteiger partial charge < -0.3 is 10.1 Å². The molecule has 2 aromatic rings. The quantitative estimate of drug-likeness (QED) is 0.787. The number of nitrogens with zero attached hydrogens (tertiary/aromatic N) is 2. The van der Waals surface area contributed by atoms with E-state index >= 15 is 0 Å². The third kappa shape index (κ3) is 3.95. The molecule has 2 rings (SSSR count). The lowest BCUT2D eigenvalue weighted by Crippen LogP contribution is -2.35. The lowest BCUT2D eigenvalue weighted by atomic mass is 10.4. The Bertz CT molecular complexity index is 656. The number of imidazole rings is 1. The Morgan fingerprint density at radius 1 is 1.55 bits per heavy atom. The first-order valence-electron chi connectivity index (χ1n) is 6.22. The van der Waals surface area contributed by atoms with Crippen molar-refractivity contribution in [1.29, 1.82) is 0 Å². The van der Waals surface area contributed by atoms with Gasteiger partial charge >= 0.3 is 12.3 Å². The molecule has 22 heavy (non-hydrogen) atoms. The number of aryl methyl sites for hydroxylation is 1. The molecule has 122 valence electrons. The topological polar surface area (TPSA) is 55.6 Å². The normalized spacial score (nSPS) is 12.3. The van der Waals surface area contributed by atoms with Gasteiger partial charge in [-0.1, -0.05) is 0 Å². The lowest BCUT2D eigenvalue weighted by molar-refractivity contribution is -0.168. The number of fused-ring (bicyclic) bond motifs is 1. The smallest absolute Gasteiger partial charge is 0.330 e. The fourth-order valence-corrected chi connectivity index (χ4v) is 2.48. The van der Waals surface area contributed by atoms with Crippen molar-refractivity contribution in [1.82, 2.24) is 14.7 Å². The van der Waals surface area contributed by atoms with E-state index in [1.54, 1.807) is 6.20 Å². The minimum atomic E-state index is -4.26. The van der Waals surface area contributed by atoms with Crippen molar-refractivity contribution in [2.24, 2.45) is 0 Å². The zero-order valence-corrected chi connectivity index (χ0v) is 12.3. The molecule has 0 unspecified atom stereocenters. The largest absolute Gasteiger partial charge is 0.365 e. The number of carbonyl (C=O) groups is 1. The summed E-state index contributed by atoms with van der Waals surface area (Å²) in [6.07, 6.45) is -2.08. The van der Waals surface area contributed by atoms with Crippen LogP contribution in [-0.4, -0.2) is 40.9 Å². The van der Waals surface area contributed by atoms with Gasteiger partial charge in [0.1, 0.15) is 13.2 Å². The number of amides is 1. The van der Waals surface area contributed by atoms with Gasteiger partial charge in [0.15, 0.2) is 4.96 Å². The third-order valence-corrected chi connectivity index (χ3v) is 3.71. The summed E-state index contributed by atoms with van der Waals surface area (Å²) in [4.78, 5) is 16.4. The van der Waals surface area contributed by atoms with E-state index in [-0.39, 0.29) is 6.54 Å². The molecule has 1 amide bonds. The first-order valence-corrected chi connectivity index (χ1v) is 7.10. The van der Waals surface area contributed by atoms with Crippen LogP contribution in [0, 0.1) is 6.92 Å². The molecule has 1 N–H and O–H groups in total. The molecule has 10 heteroatoms. The summed E-state index contributed by atoms with van der Waals surface area (Å²) in [6.45, 7) is -0.215. The summed E-state index contributed by atoms with van der Waals surface area (Å²) >= 11 is 1.45. The molecule has 0 saturated heterocycles. The van der Waals surface area contributed by atoms with E-state index in [0.717, 1.165) is 10.7 Å². The second kappa shape index (κ2) is 6.61. The van der Waals surface area contributed by atoms with Crippen LogP contribution in [0.15, 0.2) is 11.6 Å². The van der Waals surface area contributed by atoms with Crippen molar-refractivity contribution < 1.29 is 27.1 Å². The summed E-state index contributed by atoms with van der Waals surface area (Å²) in [5.41, 5.74) is 1.60. The monoisotopic (exact) mass is 339 g/mol. The number of hydrogen-bond acceptors (Lipinski definition) is 4. The Morgan fingerprint density at radius 2 is 2.27 bits per heavy atom. The van der Waals surface area contributed by atoms with Crippen LogP contribution in [-0.2, 0) is 16.1 Å². The highest BCUT2D eigenvalue weighted by atomic mass is 32.1. The molecule has 0 saturated carbocycles. The Balaban J connectivity index is 1.76. The third-order valence-electron chi connectivity index (χ3n) is 2.75. The van der Waals surface area contributed by atoms with Crippen LogP contribution in [0.3, 0.4) is 0 Å². The molecule has 0 radical (unpaired) electrons. The summed E-state index contributed by atoms with van der Waals surface area (Å²) < 4.78 is 55.0. The van der Waals surface area contributed by atoms with E-state index in [2.05, 4.69) is 15.0 Å². The maximum absolute atomic E-state index is 12.5. The molecule has 0 aliphatic heterocycles. The van der Waals surface area contributed by atoms with Crippen molar-refractivity contribution in [3.63, 3.8) is 0 Å². The molecule has 0 aliphatic rings. The minimum absolute atomic E-state index is 0.0985. The van der Waals surface area contributed by atoms with Crippen LogP contribution in [0.25, 0.3) is 4.96 Å². The van der Waals surface area contributed by atoms with Crippen molar-refractivity contribution in [3.8, 4) is 0 Å². The van der Waals surface area contributed by atoms with E-state index in [1.807, 2.05) is 16.7 Å². The number of rotatable bonds is 7. The molecule has 0 spiro atoms. The van der Waals surface area contributed by atoms with Gasteiger partial charge in [0, 0.05) is 17.3 Å². The van der Waals surface area contributed by atoms with Crippen molar-refractivity contribution >= 4 is 22.2 Å². The first kappa shape index (κ1) is 16.7. The SMILES string of the molecule is Cc1csc2nc(CNC(=O)COCC(F)(F)C(F)F)cn12. The molecule has 2 aromatic heterocycles. The lowest BCUT2D eigenvalue weighted by Gasteiger charge is -2.14. The fourth-order valence-electron chi connectivity index (χ4n) is 1.61. The predicted molar refractivity (Wildman–Crippen MR) is 71.4 cm³/mol. The fraction of sp³-hybridized carbons (Fsp3) is 0.500. The zero-order chi connectivity index (χ0) is 16.3. The number of thiazole rings is 1. The van der Waals surface area contributed by atoms with Gasteiger partial charge in [-0.2, -0.15) is 8.78 Å². The average Bonchev–Trinajstić information content (AvgIpc) is 2.98. The number of hydrogen-bond donors (Lipinski definition) is 1. The number of nitrogens with one attached hydrogen (secondary N) is 1. The maximum Gasteiger partial charge on any atom is 0.330 e. The molecule has 2 heterocycles. The molecule has 0 fully saturated rings. The molecule has 0 aliphatic carbocycles. The highest BCUT2D eigenvalue weighted by molar-refractivity contribution is 7.15. The summed E-state index contributed by atoms with van der Waals surface area (Å²) in [7, 11) is 0. The van der Waals surface area contributed by atoms with Crippen LogP contribution in [0.5, 0.6) is 0 Å². The molecule has 5 nitrogen and oxygen atoms in total.